The Morgan fingerprint density at radius 1 is 0.520 bits per heavy atom. The number of hydrogen-bond acceptors (Lipinski definition) is 9. The van der Waals surface area contributed by atoms with Crippen LogP contribution in [0.2, 0.25) is 5.02 Å². The van der Waals surface area contributed by atoms with Gasteiger partial charge in [-0.15, -0.1) is 0 Å². The van der Waals surface area contributed by atoms with Crippen molar-refractivity contribution in [1.29, 1.82) is 0 Å². The van der Waals surface area contributed by atoms with Crippen molar-refractivity contribution in [3.63, 3.8) is 0 Å². The largest absolute Gasteiger partial charge is 0.465 e. The molecule has 0 saturated heterocycles. The van der Waals surface area contributed by atoms with Gasteiger partial charge in [0.15, 0.2) is 0 Å². The molecule has 10 heteroatoms. The topological polar surface area (TPSA) is 130 Å². The minimum Gasteiger partial charge on any atom is -0.465 e. The van der Waals surface area contributed by atoms with Gasteiger partial charge in [0.05, 0.1) is 38.0 Å². The van der Waals surface area contributed by atoms with Crippen LogP contribution < -0.4 is 0 Å². The Kier molecular flexibility index (Phi) is 18.6. The fraction of sp³-hybridized carbons (Fsp3) is 0.400. The van der Waals surface area contributed by atoms with E-state index in [-0.39, 0.29) is 60.3 Å². The summed E-state index contributed by atoms with van der Waals surface area (Å²) in [6, 6.07) is 17.3. The molecule has 0 N–H and O–H groups in total. The van der Waals surface area contributed by atoms with Crippen molar-refractivity contribution in [2.24, 2.45) is 17.8 Å². The molecule has 0 spiro atoms. The van der Waals surface area contributed by atoms with Gasteiger partial charge < -0.3 is 14.2 Å². The number of benzene rings is 3. The SMILES string of the molecule is COC(=O)c1cc(C)ccc1CC(=O)C(C)C.COC(=O)c1ccc(Cl)cc1CC(=O)C(C)C.COC(=O)c1ccccc1CC(=O)C(C)C. The molecule has 0 aliphatic heterocycles. The van der Waals surface area contributed by atoms with Crippen LogP contribution in [0.4, 0.5) is 0 Å². The number of carbonyl (C=O) groups excluding carboxylic acids is 6. The zero-order valence-corrected chi connectivity index (χ0v) is 31.4. The van der Waals surface area contributed by atoms with Gasteiger partial charge in [0.1, 0.15) is 17.3 Å². The molecule has 0 unspecified atom stereocenters. The molecule has 0 radical (unpaired) electrons. The van der Waals surface area contributed by atoms with Crippen molar-refractivity contribution >= 4 is 46.9 Å². The van der Waals surface area contributed by atoms with Gasteiger partial charge in [-0.05, 0) is 53.9 Å². The molecule has 0 aromatic heterocycles. The molecule has 3 rings (SSSR count). The Morgan fingerprint density at radius 2 is 0.920 bits per heavy atom. The summed E-state index contributed by atoms with van der Waals surface area (Å²) in [7, 11) is 3.99. The maximum atomic E-state index is 11.7. The Morgan fingerprint density at radius 3 is 1.38 bits per heavy atom. The summed E-state index contributed by atoms with van der Waals surface area (Å²) in [5, 5.41) is 0.504. The van der Waals surface area contributed by atoms with Crippen LogP contribution in [0.3, 0.4) is 0 Å². The maximum Gasteiger partial charge on any atom is 0.338 e. The van der Waals surface area contributed by atoms with Crippen LogP contribution in [0.25, 0.3) is 0 Å². The molecule has 0 atom stereocenters. The van der Waals surface area contributed by atoms with Crippen LogP contribution in [0, 0.1) is 24.7 Å². The molecule has 3 aromatic rings. The van der Waals surface area contributed by atoms with Crippen LogP contribution >= 0.6 is 11.6 Å². The van der Waals surface area contributed by atoms with E-state index in [0.717, 1.165) is 16.7 Å². The number of rotatable bonds is 12. The van der Waals surface area contributed by atoms with Gasteiger partial charge in [-0.1, -0.05) is 89.0 Å². The molecule has 0 heterocycles. The van der Waals surface area contributed by atoms with E-state index in [1.165, 1.54) is 21.3 Å². The van der Waals surface area contributed by atoms with E-state index in [4.69, 9.17) is 16.3 Å². The number of methoxy groups -OCH3 is 3. The molecular formula is C40H49ClO9. The lowest BCUT2D eigenvalue weighted by atomic mass is 9.96. The molecule has 0 aliphatic rings. The van der Waals surface area contributed by atoms with E-state index < -0.39 is 11.9 Å². The highest BCUT2D eigenvalue weighted by atomic mass is 35.5. The molecule has 50 heavy (non-hydrogen) atoms. The Hall–Kier alpha value is -4.63. The summed E-state index contributed by atoms with van der Waals surface area (Å²) >= 11 is 5.86. The van der Waals surface area contributed by atoms with E-state index in [9.17, 15) is 28.8 Å². The molecule has 0 saturated carbocycles. The van der Waals surface area contributed by atoms with Crippen molar-refractivity contribution in [1.82, 2.24) is 0 Å². The van der Waals surface area contributed by atoms with Gasteiger partial charge in [-0.3, -0.25) is 14.4 Å². The molecular weight excluding hydrogens is 660 g/mol. The van der Waals surface area contributed by atoms with Gasteiger partial charge in [-0.25, -0.2) is 14.4 Å². The van der Waals surface area contributed by atoms with Gasteiger partial charge >= 0.3 is 17.9 Å². The second-order valence-corrected chi connectivity index (χ2v) is 12.9. The van der Waals surface area contributed by atoms with Gasteiger partial charge in [-0.2, -0.15) is 0 Å². The third kappa shape index (κ3) is 14.1. The summed E-state index contributed by atoms with van der Waals surface area (Å²) in [6.07, 6.45) is 0.758. The molecule has 0 bridgehead atoms. The lowest BCUT2D eigenvalue weighted by molar-refractivity contribution is -0.122. The number of carbonyl (C=O) groups is 6. The first-order chi connectivity index (χ1) is 23.5. The summed E-state index contributed by atoms with van der Waals surface area (Å²) in [6.45, 7) is 13.0. The standard InChI is InChI=1S/C14H18O3.C13H15ClO3.C13H16O3/c1-9(2)13(15)8-11-6-5-10(3)7-12(11)14(16)17-4;1-8(2)12(15)7-9-6-10(14)4-5-11(9)13(16)17-3;1-9(2)12(14)8-10-6-4-5-7-11(10)13(15)16-3/h5-7,9H,8H2,1-4H3;4-6,8H,7H2,1-3H3;4-7,9H,8H2,1-3H3. The summed E-state index contributed by atoms with van der Waals surface area (Å²) in [5.41, 5.74) is 4.41. The van der Waals surface area contributed by atoms with Crippen LogP contribution in [0.5, 0.6) is 0 Å². The fourth-order valence-electron chi connectivity index (χ4n) is 4.32. The van der Waals surface area contributed by atoms with Crippen molar-refractivity contribution in [3.05, 3.63) is 105 Å². The average Bonchev–Trinajstić information content (AvgIpc) is 3.08. The van der Waals surface area contributed by atoms with Crippen LogP contribution in [0.15, 0.2) is 60.7 Å². The highest BCUT2D eigenvalue weighted by molar-refractivity contribution is 6.30. The third-order valence-corrected chi connectivity index (χ3v) is 7.83. The molecule has 3 aromatic carbocycles. The Bertz CT molecular complexity index is 1650. The number of halogens is 1. The average molecular weight is 709 g/mol. The van der Waals surface area contributed by atoms with Crippen LogP contribution in [-0.4, -0.2) is 56.6 Å². The van der Waals surface area contributed by atoms with Crippen LogP contribution in [0.1, 0.15) is 94.9 Å². The number of Topliss-reactive ketones (excluding diaryl/α,β-unsaturated/α-hetero) is 3. The predicted molar refractivity (Wildman–Crippen MR) is 194 cm³/mol. The zero-order chi connectivity index (χ0) is 38.1. The first kappa shape index (κ1) is 43.4. The Balaban J connectivity index is 0.000000375. The van der Waals surface area contributed by atoms with E-state index >= 15 is 0 Å². The number of hydrogen-bond donors (Lipinski definition) is 0. The maximum absolute atomic E-state index is 11.7. The predicted octanol–water partition coefficient (Wildman–Crippen LogP) is 7.68. The second kappa shape index (κ2) is 21.5. The quantitative estimate of drug-likeness (QED) is 0.137. The summed E-state index contributed by atoms with van der Waals surface area (Å²) in [5.74, 6) is -1.04. The van der Waals surface area contributed by atoms with Crippen molar-refractivity contribution in [3.8, 4) is 0 Å². The highest BCUT2D eigenvalue weighted by Crippen LogP contribution is 2.19. The lowest BCUT2D eigenvalue weighted by Gasteiger charge is -2.09. The normalized spacial score (nSPS) is 10.4. The number of ketones is 3. The molecule has 0 fully saturated rings. The summed E-state index contributed by atoms with van der Waals surface area (Å²) in [4.78, 5) is 69.6. The molecule has 270 valence electrons. The number of esters is 3. The third-order valence-electron chi connectivity index (χ3n) is 7.59. The Labute approximate surface area is 300 Å². The zero-order valence-electron chi connectivity index (χ0n) is 30.7. The first-order valence-corrected chi connectivity index (χ1v) is 16.6. The minimum atomic E-state index is -0.451. The highest BCUT2D eigenvalue weighted by Gasteiger charge is 2.18. The van der Waals surface area contributed by atoms with E-state index in [1.807, 2.05) is 66.7 Å². The lowest BCUT2D eigenvalue weighted by Crippen LogP contribution is -2.14. The monoisotopic (exact) mass is 708 g/mol. The fourth-order valence-corrected chi connectivity index (χ4v) is 4.52. The number of ether oxygens (including phenoxy) is 3. The van der Waals surface area contributed by atoms with E-state index in [2.05, 4.69) is 9.47 Å². The second-order valence-electron chi connectivity index (χ2n) is 12.5. The molecule has 0 aliphatic carbocycles. The smallest absolute Gasteiger partial charge is 0.338 e. The molecule has 9 nitrogen and oxygen atoms in total. The van der Waals surface area contributed by atoms with Crippen LogP contribution in [-0.2, 0) is 47.9 Å². The van der Waals surface area contributed by atoms with Crippen molar-refractivity contribution < 1.29 is 43.0 Å². The summed E-state index contributed by atoms with van der Waals surface area (Å²) < 4.78 is 14.1. The van der Waals surface area contributed by atoms with E-state index in [0.29, 0.717) is 27.3 Å². The van der Waals surface area contributed by atoms with Gasteiger partial charge in [0.25, 0.3) is 0 Å². The first-order valence-electron chi connectivity index (χ1n) is 16.3. The number of aryl methyl sites for hydroxylation is 1. The molecule has 0 amide bonds. The minimum absolute atomic E-state index is 0.0225. The van der Waals surface area contributed by atoms with Crippen molar-refractivity contribution in [2.45, 2.75) is 67.7 Å². The van der Waals surface area contributed by atoms with Gasteiger partial charge in [0, 0.05) is 42.0 Å². The van der Waals surface area contributed by atoms with Crippen molar-refractivity contribution in [2.75, 3.05) is 21.3 Å². The van der Waals surface area contributed by atoms with E-state index in [1.54, 1.807) is 42.5 Å². The van der Waals surface area contributed by atoms with Gasteiger partial charge in [0.2, 0.25) is 0 Å².